The van der Waals surface area contributed by atoms with Crippen LogP contribution in [0.3, 0.4) is 0 Å². The van der Waals surface area contributed by atoms with Gasteiger partial charge in [0.15, 0.2) is 0 Å². The third-order valence-corrected chi connectivity index (χ3v) is 4.90. The summed E-state index contributed by atoms with van der Waals surface area (Å²) in [6.07, 6.45) is 0. The minimum atomic E-state index is 0.302. The van der Waals surface area contributed by atoms with E-state index in [1.54, 1.807) is 0 Å². The fourth-order valence-corrected chi connectivity index (χ4v) is 3.53. The number of rotatable bonds is 4. The summed E-state index contributed by atoms with van der Waals surface area (Å²) in [5.74, 6) is 0. The van der Waals surface area contributed by atoms with Crippen LogP contribution < -0.4 is 5.32 Å². The standard InChI is InChI=1S/C14H16BrNS/c1-3-16-13(11-7-5-4-6-8-11)12-9-10(2)14(15)17-12/h4-9,13,16H,3H2,1-2H3. The zero-order valence-electron chi connectivity index (χ0n) is 10.0. The molecule has 0 aliphatic carbocycles. The van der Waals surface area contributed by atoms with Crippen molar-refractivity contribution in [3.63, 3.8) is 0 Å². The van der Waals surface area contributed by atoms with Crippen molar-refractivity contribution in [2.45, 2.75) is 19.9 Å². The lowest BCUT2D eigenvalue weighted by Crippen LogP contribution is -2.20. The zero-order valence-corrected chi connectivity index (χ0v) is 12.4. The molecule has 3 heteroatoms. The molecule has 0 aliphatic heterocycles. The minimum absolute atomic E-state index is 0.302. The number of thiophene rings is 1. The smallest absolute Gasteiger partial charge is 0.0731 e. The van der Waals surface area contributed by atoms with Crippen LogP contribution in [0.1, 0.15) is 29.0 Å². The number of hydrogen-bond donors (Lipinski definition) is 1. The van der Waals surface area contributed by atoms with Crippen LogP contribution in [0.5, 0.6) is 0 Å². The lowest BCUT2D eigenvalue weighted by molar-refractivity contribution is 0.639. The van der Waals surface area contributed by atoms with Gasteiger partial charge in [-0.1, -0.05) is 37.3 Å². The van der Waals surface area contributed by atoms with Gasteiger partial charge in [-0.3, -0.25) is 0 Å². The van der Waals surface area contributed by atoms with Crippen LogP contribution in [0.2, 0.25) is 0 Å². The molecule has 0 fully saturated rings. The van der Waals surface area contributed by atoms with Gasteiger partial charge in [-0.05, 0) is 46.6 Å². The van der Waals surface area contributed by atoms with E-state index in [1.165, 1.54) is 19.8 Å². The van der Waals surface area contributed by atoms with Gasteiger partial charge in [0, 0.05) is 4.88 Å². The molecule has 17 heavy (non-hydrogen) atoms. The Balaban J connectivity index is 2.35. The topological polar surface area (TPSA) is 12.0 Å². The van der Waals surface area contributed by atoms with Gasteiger partial charge in [0.2, 0.25) is 0 Å². The first kappa shape index (κ1) is 12.8. The Morgan fingerprint density at radius 3 is 2.53 bits per heavy atom. The maximum Gasteiger partial charge on any atom is 0.0731 e. The first-order valence-electron chi connectivity index (χ1n) is 5.76. The summed E-state index contributed by atoms with van der Waals surface area (Å²) in [6.45, 7) is 5.25. The highest BCUT2D eigenvalue weighted by atomic mass is 79.9. The van der Waals surface area contributed by atoms with E-state index >= 15 is 0 Å². The molecule has 2 rings (SSSR count). The van der Waals surface area contributed by atoms with Gasteiger partial charge in [0.1, 0.15) is 0 Å². The maximum atomic E-state index is 3.60. The van der Waals surface area contributed by atoms with Gasteiger partial charge in [-0.25, -0.2) is 0 Å². The highest BCUT2D eigenvalue weighted by Gasteiger charge is 2.15. The van der Waals surface area contributed by atoms with Crippen molar-refractivity contribution in [1.82, 2.24) is 5.32 Å². The van der Waals surface area contributed by atoms with Crippen molar-refractivity contribution in [3.8, 4) is 0 Å². The Morgan fingerprint density at radius 2 is 2.00 bits per heavy atom. The summed E-state index contributed by atoms with van der Waals surface area (Å²) >= 11 is 5.41. The molecule has 0 saturated carbocycles. The summed E-state index contributed by atoms with van der Waals surface area (Å²) in [4.78, 5) is 1.36. The van der Waals surface area contributed by atoms with Crippen LogP contribution in [0.15, 0.2) is 40.2 Å². The molecule has 0 amide bonds. The van der Waals surface area contributed by atoms with Crippen LogP contribution in [-0.2, 0) is 0 Å². The van der Waals surface area contributed by atoms with Crippen molar-refractivity contribution in [2.75, 3.05) is 6.54 Å². The molecule has 2 aromatic rings. The van der Waals surface area contributed by atoms with Crippen molar-refractivity contribution in [3.05, 3.63) is 56.2 Å². The molecule has 0 spiro atoms. The third kappa shape index (κ3) is 2.97. The van der Waals surface area contributed by atoms with Gasteiger partial charge < -0.3 is 5.32 Å². The van der Waals surface area contributed by atoms with Gasteiger partial charge in [0.05, 0.1) is 9.83 Å². The first-order valence-corrected chi connectivity index (χ1v) is 7.37. The van der Waals surface area contributed by atoms with Crippen molar-refractivity contribution in [2.24, 2.45) is 0 Å². The zero-order chi connectivity index (χ0) is 12.3. The molecule has 1 unspecified atom stereocenters. The van der Waals surface area contributed by atoms with E-state index in [0.29, 0.717) is 6.04 Å². The second-order valence-corrected chi connectivity index (χ2v) is 6.41. The lowest BCUT2D eigenvalue weighted by atomic mass is 10.1. The van der Waals surface area contributed by atoms with Crippen LogP contribution in [0.25, 0.3) is 0 Å². The van der Waals surface area contributed by atoms with Gasteiger partial charge >= 0.3 is 0 Å². The van der Waals surface area contributed by atoms with E-state index in [4.69, 9.17) is 0 Å². The van der Waals surface area contributed by atoms with Crippen molar-refractivity contribution < 1.29 is 0 Å². The molecule has 1 nitrogen and oxygen atoms in total. The molecule has 0 saturated heterocycles. The van der Waals surface area contributed by atoms with Gasteiger partial charge in [-0.15, -0.1) is 11.3 Å². The molecule has 1 heterocycles. The van der Waals surface area contributed by atoms with Crippen LogP contribution in [0.4, 0.5) is 0 Å². The maximum absolute atomic E-state index is 3.60. The molecule has 0 aliphatic rings. The molecular formula is C14H16BrNS. The summed E-state index contributed by atoms with van der Waals surface area (Å²) in [5.41, 5.74) is 2.63. The van der Waals surface area contributed by atoms with Gasteiger partial charge in [0.25, 0.3) is 0 Å². The van der Waals surface area contributed by atoms with Crippen LogP contribution in [0, 0.1) is 6.92 Å². The normalized spacial score (nSPS) is 12.6. The highest BCUT2D eigenvalue weighted by molar-refractivity contribution is 9.11. The molecule has 0 radical (unpaired) electrons. The molecule has 1 aromatic carbocycles. The van der Waals surface area contributed by atoms with Crippen molar-refractivity contribution >= 4 is 27.3 Å². The summed E-state index contributed by atoms with van der Waals surface area (Å²) < 4.78 is 1.23. The van der Waals surface area contributed by atoms with Crippen LogP contribution in [-0.4, -0.2) is 6.54 Å². The average molecular weight is 310 g/mol. The van der Waals surface area contributed by atoms with E-state index in [9.17, 15) is 0 Å². The van der Waals surface area contributed by atoms with Crippen molar-refractivity contribution in [1.29, 1.82) is 0 Å². The number of nitrogens with one attached hydrogen (secondary N) is 1. The minimum Gasteiger partial charge on any atom is -0.306 e. The average Bonchev–Trinajstić information content (AvgIpc) is 2.67. The largest absolute Gasteiger partial charge is 0.306 e. The Bertz CT molecular complexity index is 459. The van der Waals surface area contributed by atoms with E-state index < -0.39 is 0 Å². The summed E-state index contributed by atoms with van der Waals surface area (Å²) in [5, 5.41) is 3.55. The van der Waals surface area contributed by atoms with Gasteiger partial charge in [-0.2, -0.15) is 0 Å². The van der Waals surface area contributed by atoms with Crippen LogP contribution >= 0.6 is 27.3 Å². The molecule has 1 N–H and O–H groups in total. The fraction of sp³-hybridized carbons (Fsp3) is 0.286. The molecule has 90 valence electrons. The highest BCUT2D eigenvalue weighted by Crippen LogP contribution is 2.34. The SMILES string of the molecule is CCNC(c1ccccc1)c1cc(C)c(Br)s1. The number of benzene rings is 1. The predicted octanol–water partition coefficient (Wildman–Crippen LogP) is 4.52. The Kier molecular flexibility index (Phi) is 4.37. The monoisotopic (exact) mass is 309 g/mol. The second-order valence-electron chi connectivity index (χ2n) is 4.01. The van der Waals surface area contributed by atoms with E-state index in [1.807, 2.05) is 11.3 Å². The number of aryl methyl sites for hydroxylation is 1. The first-order chi connectivity index (χ1) is 8.22. The lowest BCUT2D eigenvalue weighted by Gasteiger charge is -2.16. The second kappa shape index (κ2) is 5.80. The molecular weight excluding hydrogens is 294 g/mol. The number of halogens is 1. The summed E-state index contributed by atoms with van der Waals surface area (Å²) in [6, 6.07) is 13.2. The number of hydrogen-bond acceptors (Lipinski definition) is 2. The molecule has 1 atom stereocenters. The molecule has 1 aromatic heterocycles. The van der Waals surface area contributed by atoms with E-state index in [0.717, 1.165) is 6.54 Å². The Labute approximate surface area is 115 Å². The third-order valence-electron chi connectivity index (χ3n) is 2.70. The van der Waals surface area contributed by atoms with E-state index in [2.05, 4.69) is 71.5 Å². The summed E-state index contributed by atoms with van der Waals surface area (Å²) in [7, 11) is 0. The Hall–Kier alpha value is -0.640. The fourth-order valence-electron chi connectivity index (χ4n) is 1.86. The quantitative estimate of drug-likeness (QED) is 0.875. The molecule has 0 bridgehead atoms. The van der Waals surface area contributed by atoms with E-state index in [-0.39, 0.29) is 0 Å². The Morgan fingerprint density at radius 1 is 1.29 bits per heavy atom. The predicted molar refractivity (Wildman–Crippen MR) is 78.7 cm³/mol.